The fraction of sp³-hybridized carbons (Fsp3) is 0.261. The van der Waals surface area contributed by atoms with Crippen molar-refractivity contribution in [1.29, 1.82) is 0 Å². The summed E-state index contributed by atoms with van der Waals surface area (Å²) in [5.74, 6) is 1.44. The summed E-state index contributed by atoms with van der Waals surface area (Å²) in [4.78, 5) is 1.92. The highest BCUT2D eigenvalue weighted by Crippen LogP contribution is 2.31. The smallest absolute Gasteiger partial charge is 0.179 e. The summed E-state index contributed by atoms with van der Waals surface area (Å²) in [6.45, 7) is 4.32. The summed E-state index contributed by atoms with van der Waals surface area (Å²) in [6.07, 6.45) is 0. The van der Waals surface area contributed by atoms with Gasteiger partial charge in [-0.3, -0.25) is 0 Å². The van der Waals surface area contributed by atoms with Crippen LogP contribution in [-0.2, 0) is 13.2 Å². The molecule has 0 fully saturated rings. The molecule has 7 nitrogen and oxygen atoms in total. The molecule has 0 radical (unpaired) electrons. The molecule has 4 rings (SSSR count). The van der Waals surface area contributed by atoms with Crippen molar-refractivity contribution >= 4 is 16.7 Å². The van der Waals surface area contributed by atoms with Crippen molar-refractivity contribution in [2.45, 2.75) is 27.1 Å². The minimum atomic E-state index is -0.0164. The number of aliphatic hydroxyl groups excluding tert-OH is 1. The Kier molecular flexibility index (Phi) is 5.37. The van der Waals surface area contributed by atoms with E-state index in [0.717, 1.165) is 44.9 Å². The molecule has 4 aromatic rings. The van der Waals surface area contributed by atoms with Crippen LogP contribution in [0.3, 0.4) is 0 Å². The third-order valence-corrected chi connectivity index (χ3v) is 5.17. The van der Waals surface area contributed by atoms with Crippen LogP contribution in [0.25, 0.3) is 16.6 Å². The molecule has 7 heteroatoms. The monoisotopic (exact) mass is 403 g/mol. The number of anilines is 1. The first-order valence-corrected chi connectivity index (χ1v) is 9.81. The number of rotatable bonds is 6. The normalized spacial score (nSPS) is 11.1. The Bertz CT molecular complexity index is 1200. The minimum Gasteiger partial charge on any atom is -0.487 e. The highest BCUT2D eigenvalue weighted by molar-refractivity contribution is 5.92. The Labute approximate surface area is 175 Å². The lowest BCUT2D eigenvalue weighted by Gasteiger charge is -2.14. The zero-order valence-corrected chi connectivity index (χ0v) is 17.6. The molecule has 2 aromatic heterocycles. The molecule has 2 aromatic carbocycles. The molecule has 0 saturated carbocycles. The second kappa shape index (κ2) is 8.12. The number of aryl methyl sites for hydroxylation is 2. The van der Waals surface area contributed by atoms with Crippen molar-refractivity contribution < 1.29 is 9.84 Å². The van der Waals surface area contributed by atoms with Gasteiger partial charge in [-0.25, -0.2) is 4.68 Å². The lowest BCUT2D eigenvalue weighted by Crippen LogP contribution is -2.12. The molecule has 0 aliphatic carbocycles. The molecule has 154 valence electrons. The summed E-state index contributed by atoms with van der Waals surface area (Å²) >= 11 is 0. The highest BCUT2D eigenvalue weighted by atomic mass is 16.5. The highest BCUT2D eigenvalue weighted by Gasteiger charge is 2.19. The molecule has 0 bridgehead atoms. The average molecular weight is 403 g/mol. The number of aliphatic hydroxyl groups is 1. The molecule has 0 saturated heterocycles. The van der Waals surface area contributed by atoms with E-state index in [0.29, 0.717) is 12.4 Å². The Morgan fingerprint density at radius 3 is 2.40 bits per heavy atom. The van der Waals surface area contributed by atoms with Crippen molar-refractivity contribution in [3.05, 3.63) is 71.0 Å². The first-order valence-electron chi connectivity index (χ1n) is 9.81. The minimum absolute atomic E-state index is 0.0164. The molecule has 0 aliphatic rings. The Morgan fingerprint density at radius 1 is 0.967 bits per heavy atom. The maximum Gasteiger partial charge on any atom is 0.179 e. The van der Waals surface area contributed by atoms with Crippen LogP contribution in [0.2, 0.25) is 0 Å². The second-order valence-electron chi connectivity index (χ2n) is 7.41. The number of nitrogens with zero attached hydrogens (tertiary/aromatic N) is 5. The van der Waals surface area contributed by atoms with Crippen LogP contribution in [0.15, 0.2) is 48.5 Å². The van der Waals surface area contributed by atoms with Crippen LogP contribution in [-0.4, -0.2) is 39.2 Å². The van der Waals surface area contributed by atoms with E-state index >= 15 is 0 Å². The predicted molar refractivity (Wildman–Crippen MR) is 117 cm³/mol. The first kappa shape index (κ1) is 19.8. The number of aromatic nitrogens is 4. The van der Waals surface area contributed by atoms with E-state index in [1.54, 1.807) is 0 Å². The zero-order chi connectivity index (χ0) is 21.3. The third kappa shape index (κ3) is 3.48. The van der Waals surface area contributed by atoms with Crippen LogP contribution in [0.1, 0.15) is 22.5 Å². The van der Waals surface area contributed by atoms with E-state index in [1.165, 1.54) is 0 Å². The molecule has 0 amide bonds. The molecule has 1 N–H and O–H groups in total. The zero-order valence-electron chi connectivity index (χ0n) is 17.6. The van der Waals surface area contributed by atoms with Crippen LogP contribution in [0.4, 0.5) is 5.82 Å². The van der Waals surface area contributed by atoms with Gasteiger partial charge in [0.2, 0.25) is 0 Å². The van der Waals surface area contributed by atoms with E-state index in [2.05, 4.69) is 10.2 Å². The molecule has 0 aliphatic heterocycles. The van der Waals surface area contributed by atoms with Gasteiger partial charge in [0.05, 0.1) is 23.4 Å². The molecule has 2 heterocycles. The van der Waals surface area contributed by atoms with Crippen molar-refractivity contribution in [3.8, 4) is 11.4 Å². The van der Waals surface area contributed by atoms with Gasteiger partial charge in [-0.2, -0.15) is 10.2 Å². The number of para-hydroxylation sites is 2. The standard InChI is InChI=1S/C23H25N5O2/c1-15-21-16(2)28(26-22(21)23(25-24-15)27(3)4)19-11-7-8-12-20(19)30-14-18-10-6-5-9-17(18)13-29/h5-12,29H,13-14H2,1-4H3. The van der Waals surface area contributed by atoms with Crippen molar-refractivity contribution in [2.75, 3.05) is 19.0 Å². The maximum absolute atomic E-state index is 9.58. The van der Waals surface area contributed by atoms with Gasteiger partial charge >= 0.3 is 0 Å². The number of hydrogen-bond acceptors (Lipinski definition) is 6. The maximum atomic E-state index is 9.58. The quantitative estimate of drug-likeness (QED) is 0.530. The average Bonchev–Trinajstić information content (AvgIpc) is 3.10. The second-order valence-corrected chi connectivity index (χ2v) is 7.41. The fourth-order valence-electron chi connectivity index (χ4n) is 3.61. The molecule has 0 unspecified atom stereocenters. The topological polar surface area (TPSA) is 76.3 Å². The van der Waals surface area contributed by atoms with E-state index < -0.39 is 0 Å². The first-order chi connectivity index (χ1) is 14.5. The van der Waals surface area contributed by atoms with Crippen LogP contribution < -0.4 is 9.64 Å². The predicted octanol–water partition coefficient (Wildman–Crippen LogP) is 3.57. The lowest BCUT2D eigenvalue weighted by atomic mass is 10.1. The Balaban J connectivity index is 1.77. The van der Waals surface area contributed by atoms with Crippen LogP contribution in [0, 0.1) is 13.8 Å². The Hall–Kier alpha value is -3.45. The number of ether oxygens (including phenoxy) is 1. The summed E-state index contributed by atoms with van der Waals surface area (Å²) < 4.78 is 8.06. The van der Waals surface area contributed by atoms with Crippen molar-refractivity contribution in [1.82, 2.24) is 20.0 Å². The number of hydrogen-bond donors (Lipinski definition) is 1. The van der Waals surface area contributed by atoms with Gasteiger partial charge in [-0.05, 0) is 37.1 Å². The molecular formula is C23H25N5O2. The van der Waals surface area contributed by atoms with Crippen LogP contribution >= 0.6 is 0 Å². The molecule has 30 heavy (non-hydrogen) atoms. The fourth-order valence-corrected chi connectivity index (χ4v) is 3.61. The third-order valence-electron chi connectivity index (χ3n) is 5.17. The van der Waals surface area contributed by atoms with E-state index in [4.69, 9.17) is 9.84 Å². The lowest BCUT2D eigenvalue weighted by molar-refractivity contribution is 0.269. The van der Waals surface area contributed by atoms with Gasteiger partial charge in [0, 0.05) is 14.1 Å². The number of benzene rings is 2. The SMILES string of the molecule is Cc1nnc(N(C)C)c2nn(-c3ccccc3OCc3ccccc3CO)c(C)c12. The van der Waals surface area contributed by atoms with Crippen LogP contribution in [0.5, 0.6) is 5.75 Å². The van der Waals surface area contributed by atoms with Gasteiger partial charge in [0.15, 0.2) is 5.82 Å². The summed E-state index contributed by atoms with van der Waals surface area (Å²) in [5.41, 5.74) is 5.29. The van der Waals surface area contributed by atoms with Gasteiger partial charge in [-0.15, -0.1) is 5.10 Å². The van der Waals surface area contributed by atoms with E-state index in [1.807, 2.05) is 86.1 Å². The van der Waals surface area contributed by atoms with Gasteiger partial charge in [0.25, 0.3) is 0 Å². The largest absolute Gasteiger partial charge is 0.487 e. The van der Waals surface area contributed by atoms with Gasteiger partial charge < -0.3 is 14.7 Å². The summed E-state index contributed by atoms with van der Waals surface area (Å²) in [7, 11) is 3.87. The van der Waals surface area contributed by atoms with Gasteiger partial charge in [0.1, 0.15) is 23.6 Å². The van der Waals surface area contributed by atoms with E-state index in [-0.39, 0.29) is 6.61 Å². The Morgan fingerprint density at radius 2 is 1.67 bits per heavy atom. The summed E-state index contributed by atoms with van der Waals surface area (Å²) in [6, 6.07) is 15.5. The molecule has 0 spiro atoms. The van der Waals surface area contributed by atoms with E-state index in [9.17, 15) is 5.11 Å². The summed E-state index contributed by atoms with van der Waals surface area (Å²) in [5, 5.41) is 24.1. The molecular weight excluding hydrogens is 378 g/mol. The molecule has 0 atom stereocenters. The van der Waals surface area contributed by atoms with Crippen molar-refractivity contribution in [2.24, 2.45) is 0 Å². The number of fused-ring (bicyclic) bond motifs is 1. The van der Waals surface area contributed by atoms with Gasteiger partial charge in [-0.1, -0.05) is 36.4 Å². The van der Waals surface area contributed by atoms with Crippen molar-refractivity contribution in [3.63, 3.8) is 0 Å².